The number of oxime groups is 1. The number of ether oxygens (including phenoxy) is 2. The molecule has 4 N–H and O–H groups in total. The Balaban J connectivity index is 1.86. The fraction of sp³-hybridized carbons (Fsp3) is 0.533. The monoisotopic (exact) mass is 293 g/mol. The second kappa shape index (κ2) is 6.67. The van der Waals surface area contributed by atoms with Gasteiger partial charge in [0.25, 0.3) is 0 Å². The number of nitrogens with one attached hydrogen (secondary N) is 1. The fourth-order valence-corrected chi connectivity index (χ4v) is 2.47. The van der Waals surface area contributed by atoms with Gasteiger partial charge in [-0.15, -0.1) is 0 Å². The van der Waals surface area contributed by atoms with E-state index in [4.69, 9.17) is 20.4 Å². The van der Waals surface area contributed by atoms with Crippen molar-refractivity contribution in [1.82, 2.24) is 5.32 Å². The van der Waals surface area contributed by atoms with Gasteiger partial charge >= 0.3 is 0 Å². The van der Waals surface area contributed by atoms with Crippen LogP contribution in [0, 0.1) is 5.41 Å². The van der Waals surface area contributed by atoms with Crippen molar-refractivity contribution in [2.75, 3.05) is 20.8 Å². The molecule has 0 heterocycles. The van der Waals surface area contributed by atoms with Gasteiger partial charge in [0.1, 0.15) is 5.84 Å². The maximum Gasteiger partial charge on any atom is 0.161 e. The molecule has 0 unspecified atom stereocenters. The smallest absolute Gasteiger partial charge is 0.161 e. The van der Waals surface area contributed by atoms with Gasteiger partial charge in [0.2, 0.25) is 0 Å². The molecule has 0 saturated heterocycles. The number of nitrogens with zero attached hydrogens (tertiary/aromatic N) is 1. The largest absolute Gasteiger partial charge is 0.493 e. The molecule has 0 radical (unpaired) electrons. The molecule has 1 fully saturated rings. The Morgan fingerprint density at radius 1 is 1.33 bits per heavy atom. The van der Waals surface area contributed by atoms with Gasteiger partial charge in [-0.3, -0.25) is 0 Å². The summed E-state index contributed by atoms with van der Waals surface area (Å²) < 4.78 is 10.5. The lowest BCUT2D eigenvalue weighted by Gasteiger charge is -2.15. The summed E-state index contributed by atoms with van der Waals surface area (Å²) in [7, 11) is 3.25. The van der Waals surface area contributed by atoms with Crippen LogP contribution in [0.2, 0.25) is 0 Å². The van der Waals surface area contributed by atoms with E-state index in [1.54, 1.807) is 14.2 Å². The summed E-state index contributed by atoms with van der Waals surface area (Å²) >= 11 is 0. The quantitative estimate of drug-likeness (QED) is 0.294. The first-order valence-corrected chi connectivity index (χ1v) is 7.00. The molecule has 1 aromatic rings. The van der Waals surface area contributed by atoms with Crippen molar-refractivity contribution in [3.63, 3.8) is 0 Å². The van der Waals surface area contributed by atoms with Crippen molar-refractivity contribution >= 4 is 5.84 Å². The number of benzene rings is 1. The molecule has 0 bridgehead atoms. The fourth-order valence-electron chi connectivity index (χ4n) is 2.47. The van der Waals surface area contributed by atoms with Crippen molar-refractivity contribution in [3.8, 4) is 11.5 Å². The normalized spacial score (nSPS) is 16.6. The molecule has 1 aliphatic carbocycles. The molecule has 1 saturated carbocycles. The molecular formula is C15H23N3O3. The lowest BCUT2D eigenvalue weighted by Crippen LogP contribution is -2.28. The third-order valence-electron chi connectivity index (χ3n) is 3.92. The molecule has 1 aliphatic rings. The molecule has 0 spiro atoms. The molecule has 0 amide bonds. The van der Waals surface area contributed by atoms with E-state index in [1.807, 2.05) is 18.2 Å². The summed E-state index contributed by atoms with van der Waals surface area (Å²) in [6.45, 7) is 1.61. The number of methoxy groups -OCH3 is 2. The third kappa shape index (κ3) is 4.01. The van der Waals surface area contributed by atoms with Crippen LogP contribution in [0.5, 0.6) is 11.5 Å². The van der Waals surface area contributed by atoms with Crippen LogP contribution in [-0.2, 0) is 6.54 Å². The minimum atomic E-state index is 0.160. The van der Waals surface area contributed by atoms with E-state index in [9.17, 15) is 0 Å². The lowest BCUT2D eigenvalue weighted by atomic mass is 10.0. The molecule has 6 nitrogen and oxygen atoms in total. The van der Waals surface area contributed by atoms with Crippen LogP contribution in [0.3, 0.4) is 0 Å². The highest BCUT2D eigenvalue weighted by molar-refractivity contribution is 5.80. The summed E-state index contributed by atoms with van der Waals surface area (Å²) in [5.41, 5.74) is 6.88. The first kappa shape index (κ1) is 15.4. The molecule has 21 heavy (non-hydrogen) atoms. The van der Waals surface area contributed by atoms with E-state index in [-0.39, 0.29) is 5.41 Å². The van der Waals surface area contributed by atoms with Crippen LogP contribution in [0.15, 0.2) is 23.4 Å². The second-order valence-corrected chi connectivity index (χ2v) is 5.56. The molecule has 0 atom stereocenters. The van der Waals surface area contributed by atoms with E-state index >= 15 is 0 Å². The lowest BCUT2D eigenvalue weighted by molar-refractivity contribution is 0.314. The van der Waals surface area contributed by atoms with Crippen LogP contribution >= 0.6 is 0 Å². The minimum Gasteiger partial charge on any atom is -0.493 e. The molecular weight excluding hydrogens is 270 g/mol. The zero-order valence-electron chi connectivity index (χ0n) is 12.6. The summed E-state index contributed by atoms with van der Waals surface area (Å²) in [6, 6.07) is 5.88. The Bertz CT molecular complexity index is 513. The topological polar surface area (TPSA) is 89.1 Å². The standard InChI is InChI=1S/C15H23N3O3/c1-20-12-4-3-11(7-13(12)21-2)9-17-10-15(5-6-15)8-14(16)18-19/h3-4,7,17,19H,5-6,8-10H2,1-2H3,(H2,16,18). The Kier molecular flexibility index (Phi) is 4.90. The Hall–Kier alpha value is -1.95. The van der Waals surface area contributed by atoms with Gasteiger partial charge in [-0.05, 0) is 36.0 Å². The number of hydrogen-bond acceptors (Lipinski definition) is 5. The van der Waals surface area contributed by atoms with E-state index in [0.717, 1.165) is 43.0 Å². The molecule has 1 aromatic carbocycles. The highest BCUT2D eigenvalue weighted by Crippen LogP contribution is 2.48. The predicted octanol–water partition coefficient (Wildman–Crippen LogP) is 1.71. The van der Waals surface area contributed by atoms with Gasteiger partial charge in [0.05, 0.1) is 14.2 Å². The Morgan fingerprint density at radius 3 is 2.62 bits per heavy atom. The molecule has 2 rings (SSSR count). The van der Waals surface area contributed by atoms with Crippen LogP contribution in [0.1, 0.15) is 24.8 Å². The summed E-state index contributed by atoms with van der Waals surface area (Å²) in [4.78, 5) is 0. The first-order chi connectivity index (χ1) is 10.1. The SMILES string of the molecule is COc1ccc(CNCC2(CC(N)=NO)CC2)cc1OC. The van der Waals surface area contributed by atoms with Gasteiger partial charge in [0.15, 0.2) is 11.5 Å². The van der Waals surface area contributed by atoms with Crippen molar-refractivity contribution < 1.29 is 14.7 Å². The Morgan fingerprint density at radius 2 is 2.05 bits per heavy atom. The van der Waals surface area contributed by atoms with Crippen molar-refractivity contribution in [3.05, 3.63) is 23.8 Å². The number of hydrogen-bond donors (Lipinski definition) is 3. The van der Waals surface area contributed by atoms with Gasteiger partial charge in [-0.1, -0.05) is 11.2 Å². The van der Waals surface area contributed by atoms with E-state index in [2.05, 4.69) is 10.5 Å². The van der Waals surface area contributed by atoms with Crippen molar-refractivity contribution in [2.45, 2.75) is 25.8 Å². The molecule has 116 valence electrons. The van der Waals surface area contributed by atoms with Crippen LogP contribution in [0.4, 0.5) is 0 Å². The summed E-state index contributed by atoms with van der Waals surface area (Å²) in [5, 5.41) is 15.1. The summed E-state index contributed by atoms with van der Waals surface area (Å²) in [5.74, 6) is 1.77. The Labute approximate surface area is 124 Å². The molecule has 0 aromatic heterocycles. The number of nitrogens with two attached hydrogens (primary N) is 1. The number of amidine groups is 1. The zero-order valence-corrected chi connectivity index (χ0v) is 12.6. The second-order valence-electron chi connectivity index (χ2n) is 5.56. The molecule has 6 heteroatoms. The zero-order chi connectivity index (χ0) is 15.3. The summed E-state index contributed by atoms with van der Waals surface area (Å²) in [6.07, 6.45) is 2.87. The van der Waals surface area contributed by atoms with E-state index < -0.39 is 0 Å². The van der Waals surface area contributed by atoms with E-state index in [1.165, 1.54) is 0 Å². The van der Waals surface area contributed by atoms with E-state index in [0.29, 0.717) is 12.3 Å². The average molecular weight is 293 g/mol. The highest BCUT2D eigenvalue weighted by atomic mass is 16.5. The van der Waals surface area contributed by atoms with Gasteiger partial charge < -0.3 is 25.7 Å². The minimum absolute atomic E-state index is 0.160. The van der Waals surface area contributed by atoms with Crippen LogP contribution in [-0.4, -0.2) is 31.8 Å². The number of rotatable bonds is 8. The maximum absolute atomic E-state index is 8.65. The highest BCUT2D eigenvalue weighted by Gasteiger charge is 2.42. The first-order valence-electron chi connectivity index (χ1n) is 7.00. The van der Waals surface area contributed by atoms with Crippen molar-refractivity contribution in [2.24, 2.45) is 16.3 Å². The van der Waals surface area contributed by atoms with Gasteiger partial charge in [-0.2, -0.15) is 0 Å². The average Bonchev–Trinajstić information content (AvgIpc) is 3.26. The predicted molar refractivity (Wildman–Crippen MR) is 80.9 cm³/mol. The van der Waals surface area contributed by atoms with Gasteiger partial charge in [-0.25, -0.2) is 0 Å². The van der Waals surface area contributed by atoms with Crippen LogP contribution in [0.25, 0.3) is 0 Å². The molecule has 0 aliphatic heterocycles. The van der Waals surface area contributed by atoms with Crippen molar-refractivity contribution in [1.29, 1.82) is 0 Å². The van der Waals surface area contributed by atoms with Crippen LogP contribution < -0.4 is 20.5 Å². The van der Waals surface area contributed by atoms with Gasteiger partial charge in [0, 0.05) is 19.5 Å². The third-order valence-corrected chi connectivity index (χ3v) is 3.92. The maximum atomic E-state index is 8.65.